The lowest BCUT2D eigenvalue weighted by Crippen LogP contribution is -2.24. The van der Waals surface area contributed by atoms with Crippen LogP contribution < -0.4 is 4.72 Å². The Morgan fingerprint density at radius 3 is 2.86 bits per heavy atom. The summed E-state index contributed by atoms with van der Waals surface area (Å²) in [6, 6.07) is 4.44. The Hall–Kier alpha value is -1.18. The standard InChI is InChI=1S/C13H17ClFN3O2S/c1-21(19,20)16-7-2-8-18-12-9-10(15)3-4-11(12)17-13(18)5-6-14/h3-4,9,16H,2,5-8H2,1H3. The zero-order valence-corrected chi connectivity index (χ0v) is 13.2. The maximum atomic E-state index is 13.4. The van der Waals surface area contributed by atoms with Crippen molar-refractivity contribution in [2.45, 2.75) is 19.4 Å². The van der Waals surface area contributed by atoms with Crippen molar-refractivity contribution in [2.24, 2.45) is 0 Å². The van der Waals surface area contributed by atoms with Gasteiger partial charge in [0.15, 0.2) is 0 Å². The maximum absolute atomic E-state index is 13.4. The van der Waals surface area contributed by atoms with Crippen LogP contribution in [0.2, 0.25) is 0 Å². The van der Waals surface area contributed by atoms with Gasteiger partial charge in [-0.3, -0.25) is 0 Å². The number of benzene rings is 1. The number of aromatic nitrogens is 2. The highest BCUT2D eigenvalue weighted by atomic mass is 35.5. The van der Waals surface area contributed by atoms with Crippen molar-refractivity contribution < 1.29 is 12.8 Å². The molecule has 1 N–H and O–H groups in total. The molecular weight excluding hydrogens is 317 g/mol. The first-order valence-corrected chi connectivity index (χ1v) is 8.98. The molecule has 0 aliphatic heterocycles. The summed E-state index contributed by atoms with van der Waals surface area (Å²) in [6.07, 6.45) is 2.29. The van der Waals surface area contributed by atoms with Crippen molar-refractivity contribution in [1.82, 2.24) is 14.3 Å². The van der Waals surface area contributed by atoms with E-state index in [0.717, 1.165) is 12.1 Å². The molecule has 1 aromatic heterocycles. The van der Waals surface area contributed by atoms with Gasteiger partial charge >= 0.3 is 0 Å². The molecule has 0 amide bonds. The highest BCUT2D eigenvalue weighted by Crippen LogP contribution is 2.18. The fourth-order valence-electron chi connectivity index (χ4n) is 2.17. The van der Waals surface area contributed by atoms with Crippen molar-refractivity contribution in [1.29, 1.82) is 0 Å². The van der Waals surface area contributed by atoms with E-state index in [-0.39, 0.29) is 5.82 Å². The predicted octanol–water partition coefficient (Wildman–Crippen LogP) is 1.90. The van der Waals surface area contributed by atoms with Crippen LogP contribution in [0.1, 0.15) is 12.2 Å². The first-order valence-electron chi connectivity index (χ1n) is 6.56. The molecule has 0 unspecified atom stereocenters. The van der Waals surface area contributed by atoms with E-state index in [4.69, 9.17) is 11.6 Å². The van der Waals surface area contributed by atoms with Crippen molar-refractivity contribution in [2.75, 3.05) is 18.7 Å². The number of hydrogen-bond donors (Lipinski definition) is 1. The third-order valence-electron chi connectivity index (χ3n) is 3.03. The lowest BCUT2D eigenvalue weighted by atomic mass is 10.3. The molecule has 1 aromatic carbocycles. The lowest BCUT2D eigenvalue weighted by molar-refractivity contribution is 0.573. The summed E-state index contributed by atoms with van der Waals surface area (Å²) in [5.74, 6) is 0.883. The average Bonchev–Trinajstić information content (AvgIpc) is 2.71. The number of hydrogen-bond acceptors (Lipinski definition) is 3. The summed E-state index contributed by atoms with van der Waals surface area (Å²) in [5, 5.41) is 0. The van der Waals surface area contributed by atoms with Crippen LogP contribution in [-0.4, -0.2) is 36.6 Å². The molecule has 0 fully saturated rings. The van der Waals surface area contributed by atoms with Gasteiger partial charge in [0.25, 0.3) is 0 Å². The van der Waals surface area contributed by atoms with Crippen LogP contribution in [0.3, 0.4) is 0 Å². The predicted molar refractivity (Wildman–Crippen MR) is 81.6 cm³/mol. The Labute approximate surface area is 128 Å². The SMILES string of the molecule is CS(=O)(=O)NCCCn1c(CCCl)nc2ccc(F)cc21. The van der Waals surface area contributed by atoms with Gasteiger partial charge < -0.3 is 4.57 Å². The molecule has 0 saturated heterocycles. The maximum Gasteiger partial charge on any atom is 0.208 e. The summed E-state index contributed by atoms with van der Waals surface area (Å²) in [6.45, 7) is 0.878. The quantitative estimate of drug-likeness (QED) is 0.621. The van der Waals surface area contributed by atoms with Gasteiger partial charge in [0, 0.05) is 25.4 Å². The summed E-state index contributed by atoms with van der Waals surface area (Å²) in [5.41, 5.74) is 1.42. The number of imidazole rings is 1. The topological polar surface area (TPSA) is 64.0 Å². The fourth-order valence-corrected chi connectivity index (χ4v) is 2.85. The van der Waals surface area contributed by atoms with Crippen molar-refractivity contribution in [3.8, 4) is 0 Å². The summed E-state index contributed by atoms with van der Waals surface area (Å²) >= 11 is 5.77. The van der Waals surface area contributed by atoms with E-state index in [1.54, 1.807) is 6.07 Å². The highest BCUT2D eigenvalue weighted by molar-refractivity contribution is 7.88. The Morgan fingerprint density at radius 1 is 1.43 bits per heavy atom. The monoisotopic (exact) mass is 333 g/mol. The Balaban J connectivity index is 2.19. The number of fused-ring (bicyclic) bond motifs is 1. The van der Waals surface area contributed by atoms with Gasteiger partial charge in [0.1, 0.15) is 11.6 Å². The minimum atomic E-state index is -3.19. The molecule has 0 aliphatic carbocycles. The largest absolute Gasteiger partial charge is 0.328 e. The third kappa shape index (κ3) is 4.39. The molecule has 5 nitrogen and oxygen atoms in total. The fraction of sp³-hybridized carbons (Fsp3) is 0.462. The molecule has 1 heterocycles. The van der Waals surface area contributed by atoms with Crippen molar-refractivity contribution in [3.05, 3.63) is 29.8 Å². The molecule has 0 atom stereocenters. The number of nitrogens with one attached hydrogen (secondary N) is 1. The zero-order valence-electron chi connectivity index (χ0n) is 11.6. The van der Waals surface area contributed by atoms with Crippen LogP contribution in [0.4, 0.5) is 4.39 Å². The van der Waals surface area contributed by atoms with Gasteiger partial charge in [-0.2, -0.15) is 0 Å². The molecule has 0 spiro atoms. The Kier molecular flexibility index (Phi) is 5.18. The van der Waals surface area contributed by atoms with Crippen molar-refractivity contribution in [3.63, 3.8) is 0 Å². The molecule has 116 valence electrons. The summed E-state index contributed by atoms with van der Waals surface area (Å²) in [7, 11) is -3.19. The second-order valence-electron chi connectivity index (χ2n) is 4.77. The van der Waals surface area contributed by atoms with E-state index in [2.05, 4.69) is 9.71 Å². The zero-order chi connectivity index (χ0) is 15.5. The molecule has 2 rings (SSSR count). The smallest absolute Gasteiger partial charge is 0.208 e. The number of halogens is 2. The van der Waals surface area contributed by atoms with Gasteiger partial charge in [-0.05, 0) is 24.6 Å². The second kappa shape index (κ2) is 6.72. The number of aryl methyl sites for hydroxylation is 2. The number of alkyl halides is 1. The Morgan fingerprint density at radius 2 is 2.19 bits per heavy atom. The minimum absolute atomic E-state index is 0.324. The van der Waals surface area contributed by atoms with Crippen LogP contribution in [0, 0.1) is 5.82 Å². The van der Waals surface area contributed by atoms with Gasteiger partial charge in [-0.1, -0.05) is 0 Å². The molecule has 0 radical (unpaired) electrons. The minimum Gasteiger partial charge on any atom is -0.328 e. The van der Waals surface area contributed by atoms with Crippen LogP contribution in [0.25, 0.3) is 11.0 Å². The molecule has 21 heavy (non-hydrogen) atoms. The van der Waals surface area contributed by atoms with Gasteiger partial charge in [0.05, 0.1) is 17.3 Å². The number of rotatable bonds is 7. The van der Waals surface area contributed by atoms with Gasteiger partial charge in [-0.15, -0.1) is 11.6 Å². The molecule has 2 aromatic rings. The van der Waals surface area contributed by atoms with E-state index in [9.17, 15) is 12.8 Å². The first-order chi connectivity index (χ1) is 9.90. The molecular formula is C13H17ClFN3O2S. The van der Waals surface area contributed by atoms with Crippen molar-refractivity contribution >= 4 is 32.7 Å². The number of sulfonamides is 1. The molecule has 8 heteroatoms. The van der Waals surface area contributed by atoms with E-state index in [0.29, 0.717) is 42.8 Å². The summed E-state index contributed by atoms with van der Waals surface area (Å²) in [4.78, 5) is 4.44. The van der Waals surface area contributed by atoms with E-state index >= 15 is 0 Å². The van der Waals surface area contributed by atoms with Gasteiger partial charge in [0.2, 0.25) is 10.0 Å². The lowest BCUT2D eigenvalue weighted by Gasteiger charge is -2.09. The average molecular weight is 334 g/mol. The molecule has 0 saturated carbocycles. The normalized spacial score (nSPS) is 12.1. The molecule has 0 bridgehead atoms. The van der Waals surface area contributed by atoms with Crippen LogP contribution in [0.15, 0.2) is 18.2 Å². The van der Waals surface area contributed by atoms with Crippen LogP contribution in [0.5, 0.6) is 0 Å². The molecule has 0 aliphatic rings. The second-order valence-corrected chi connectivity index (χ2v) is 6.98. The van der Waals surface area contributed by atoms with Gasteiger partial charge in [-0.25, -0.2) is 22.5 Å². The van der Waals surface area contributed by atoms with Crippen LogP contribution in [-0.2, 0) is 23.0 Å². The van der Waals surface area contributed by atoms with E-state index in [1.807, 2.05) is 4.57 Å². The van der Waals surface area contributed by atoms with Crippen LogP contribution >= 0.6 is 11.6 Å². The highest BCUT2D eigenvalue weighted by Gasteiger charge is 2.11. The van der Waals surface area contributed by atoms with E-state index < -0.39 is 10.0 Å². The first kappa shape index (κ1) is 16.2. The Bertz CT molecular complexity index is 730. The third-order valence-corrected chi connectivity index (χ3v) is 3.95. The number of nitrogens with zero attached hydrogens (tertiary/aromatic N) is 2. The summed E-state index contributed by atoms with van der Waals surface area (Å²) < 4.78 is 39.8. The van der Waals surface area contributed by atoms with E-state index in [1.165, 1.54) is 12.1 Å².